The molecule has 0 amide bonds. The zero-order valence-electron chi connectivity index (χ0n) is 7.81. The third-order valence-electron chi connectivity index (χ3n) is 1.87. The van der Waals surface area contributed by atoms with E-state index in [1.807, 2.05) is 0 Å². The molecule has 3 heteroatoms. The smallest absolute Gasteiger partial charge is 0.0343 e. The Kier molecular flexibility index (Phi) is 4.25. The van der Waals surface area contributed by atoms with Crippen molar-refractivity contribution in [3.8, 4) is 0 Å². The van der Waals surface area contributed by atoms with Gasteiger partial charge in [-0.15, -0.1) is 0 Å². The summed E-state index contributed by atoms with van der Waals surface area (Å²) in [4.78, 5) is 0. The Balaban J connectivity index is 2.53. The van der Waals surface area contributed by atoms with Gasteiger partial charge in [0.1, 0.15) is 0 Å². The molecule has 1 aromatic carbocycles. The van der Waals surface area contributed by atoms with Gasteiger partial charge in [-0.1, -0.05) is 15.9 Å². The summed E-state index contributed by atoms with van der Waals surface area (Å²) in [6.45, 7) is 3.76. The summed E-state index contributed by atoms with van der Waals surface area (Å²) in [7, 11) is 0. The van der Waals surface area contributed by atoms with E-state index in [-0.39, 0.29) is 0 Å². The van der Waals surface area contributed by atoms with Crippen LogP contribution >= 0.6 is 15.9 Å². The van der Waals surface area contributed by atoms with Crippen LogP contribution in [0.3, 0.4) is 0 Å². The average molecular weight is 243 g/mol. The van der Waals surface area contributed by atoms with Crippen molar-refractivity contribution in [3.63, 3.8) is 0 Å². The number of hydrogen-bond acceptors (Lipinski definition) is 2. The van der Waals surface area contributed by atoms with E-state index in [2.05, 4.69) is 46.4 Å². The monoisotopic (exact) mass is 242 g/mol. The van der Waals surface area contributed by atoms with Crippen LogP contribution < -0.4 is 11.1 Å². The Morgan fingerprint density at radius 3 is 2.85 bits per heavy atom. The lowest BCUT2D eigenvalue weighted by atomic mass is 10.2. The number of nitrogens with two attached hydrogens (primary N) is 1. The molecule has 0 aliphatic carbocycles. The van der Waals surface area contributed by atoms with Gasteiger partial charge in [-0.05, 0) is 43.7 Å². The number of aryl methyl sites for hydroxylation is 1. The van der Waals surface area contributed by atoms with E-state index in [1.165, 1.54) is 5.56 Å². The fraction of sp³-hybridized carbons (Fsp3) is 0.400. The maximum Gasteiger partial charge on any atom is 0.0343 e. The van der Waals surface area contributed by atoms with Crippen LogP contribution in [-0.2, 0) is 0 Å². The van der Waals surface area contributed by atoms with E-state index >= 15 is 0 Å². The van der Waals surface area contributed by atoms with Gasteiger partial charge in [0.2, 0.25) is 0 Å². The van der Waals surface area contributed by atoms with Gasteiger partial charge in [0, 0.05) is 16.7 Å². The largest absolute Gasteiger partial charge is 0.385 e. The van der Waals surface area contributed by atoms with Crippen LogP contribution in [0.2, 0.25) is 0 Å². The molecule has 0 heterocycles. The number of halogens is 1. The molecule has 0 aliphatic heterocycles. The van der Waals surface area contributed by atoms with Crippen molar-refractivity contribution in [2.24, 2.45) is 5.73 Å². The number of rotatable bonds is 4. The van der Waals surface area contributed by atoms with Crippen molar-refractivity contribution < 1.29 is 0 Å². The molecule has 2 nitrogen and oxygen atoms in total. The minimum Gasteiger partial charge on any atom is -0.385 e. The second kappa shape index (κ2) is 5.25. The van der Waals surface area contributed by atoms with E-state index in [0.29, 0.717) is 0 Å². The maximum atomic E-state index is 5.40. The minimum atomic E-state index is 0.739. The Morgan fingerprint density at radius 1 is 1.46 bits per heavy atom. The molecule has 3 N–H and O–H groups in total. The first kappa shape index (κ1) is 10.5. The van der Waals surface area contributed by atoms with Gasteiger partial charge >= 0.3 is 0 Å². The van der Waals surface area contributed by atoms with Crippen molar-refractivity contribution in [2.45, 2.75) is 13.3 Å². The summed E-state index contributed by atoms with van der Waals surface area (Å²) >= 11 is 3.46. The molecule has 0 saturated heterocycles. The van der Waals surface area contributed by atoms with Crippen molar-refractivity contribution in [1.29, 1.82) is 0 Å². The summed E-state index contributed by atoms with van der Waals surface area (Å²) in [5, 5.41) is 3.31. The number of benzene rings is 1. The van der Waals surface area contributed by atoms with Gasteiger partial charge in [-0.3, -0.25) is 0 Å². The fourth-order valence-electron chi connectivity index (χ4n) is 1.09. The number of hydrogen-bond donors (Lipinski definition) is 2. The van der Waals surface area contributed by atoms with Gasteiger partial charge in [-0.2, -0.15) is 0 Å². The summed E-state index contributed by atoms with van der Waals surface area (Å²) < 4.78 is 1.15. The molecule has 0 unspecified atom stereocenters. The molecule has 0 aromatic heterocycles. The normalized spacial score (nSPS) is 10.1. The van der Waals surface area contributed by atoms with Gasteiger partial charge in [0.25, 0.3) is 0 Å². The highest BCUT2D eigenvalue weighted by Crippen LogP contribution is 2.19. The van der Waals surface area contributed by atoms with Crippen LogP contribution in [0.1, 0.15) is 12.0 Å². The van der Waals surface area contributed by atoms with Gasteiger partial charge in [0.05, 0.1) is 0 Å². The highest BCUT2D eigenvalue weighted by atomic mass is 79.9. The van der Waals surface area contributed by atoms with Crippen LogP contribution in [-0.4, -0.2) is 13.1 Å². The van der Waals surface area contributed by atoms with Gasteiger partial charge in [0.15, 0.2) is 0 Å². The quantitative estimate of drug-likeness (QED) is 0.797. The summed E-state index contributed by atoms with van der Waals surface area (Å²) in [6, 6.07) is 6.24. The number of nitrogens with one attached hydrogen (secondary N) is 1. The average Bonchev–Trinajstić information content (AvgIpc) is 2.12. The third-order valence-corrected chi connectivity index (χ3v) is 2.76. The van der Waals surface area contributed by atoms with Crippen LogP contribution in [0.5, 0.6) is 0 Å². The Bertz CT molecular complexity index is 274. The number of anilines is 1. The molecule has 13 heavy (non-hydrogen) atoms. The molecule has 0 bridgehead atoms. The van der Waals surface area contributed by atoms with Crippen molar-refractivity contribution in [2.75, 3.05) is 18.4 Å². The Hall–Kier alpha value is -0.540. The molecule has 0 saturated carbocycles. The molecule has 1 rings (SSSR count). The molecule has 0 atom stereocenters. The highest BCUT2D eigenvalue weighted by Gasteiger charge is 1.95. The SMILES string of the molecule is Cc1cc(NCCCN)ccc1Br. The lowest BCUT2D eigenvalue weighted by Crippen LogP contribution is -2.08. The topological polar surface area (TPSA) is 38.0 Å². The Labute approximate surface area is 87.6 Å². The van der Waals surface area contributed by atoms with Gasteiger partial charge < -0.3 is 11.1 Å². The van der Waals surface area contributed by atoms with Crippen molar-refractivity contribution in [1.82, 2.24) is 0 Å². The minimum absolute atomic E-state index is 0.739. The van der Waals surface area contributed by atoms with E-state index < -0.39 is 0 Å². The van der Waals surface area contributed by atoms with E-state index in [0.717, 1.165) is 29.7 Å². The summed E-state index contributed by atoms with van der Waals surface area (Å²) in [5.74, 6) is 0. The highest BCUT2D eigenvalue weighted by molar-refractivity contribution is 9.10. The first-order valence-corrected chi connectivity index (χ1v) is 5.23. The molecule has 72 valence electrons. The van der Waals surface area contributed by atoms with Gasteiger partial charge in [-0.25, -0.2) is 0 Å². The second-order valence-corrected chi connectivity index (χ2v) is 3.89. The van der Waals surface area contributed by atoms with E-state index in [4.69, 9.17) is 5.73 Å². The van der Waals surface area contributed by atoms with Crippen LogP contribution in [0.25, 0.3) is 0 Å². The van der Waals surface area contributed by atoms with Crippen molar-refractivity contribution >= 4 is 21.6 Å². The van der Waals surface area contributed by atoms with Crippen LogP contribution in [0, 0.1) is 6.92 Å². The maximum absolute atomic E-state index is 5.40. The van der Waals surface area contributed by atoms with Crippen molar-refractivity contribution in [3.05, 3.63) is 28.2 Å². The first-order chi connectivity index (χ1) is 6.24. The molecule has 1 aromatic rings. The lowest BCUT2D eigenvalue weighted by Gasteiger charge is -2.06. The molecule has 0 spiro atoms. The third kappa shape index (κ3) is 3.36. The predicted molar refractivity (Wildman–Crippen MR) is 61.0 cm³/mol. The zero-order chi connectivity index (χ0) is 9.68. The second-order valence-electron chi connectivity index (χ2n) is 3.03. The zero-order valence-corrected chi connectivity index (χ0v) is 9.39. The summed E-state index contributed by atoms with van der Waals surface area (Å²) in [6.07, 6.45) is 1.01. The standard InChI is InChI=1S/C10H15BrN2/c1-8-7-9(3-4-10(8)11)13-6-2-5-12/h3-4,7,13H,2,5-6,12H2,1H3. The molecule has 0 aliphatic rings. The molecule has 0 radical (unpaired) electrons. The molecular weight excluding hydrogens is 228 g/mol. The molecule has 0 fully saturated rings. The van der Waals surface area contributed by atoms with E-state index in [9.17, 15) is 0 Å². The molecular formula is C10H15BrN2. The lowest BCUT2D eigenvalue weighted by molar-refractivity contribution is 0.874. The van der Waals surface area contributed by atoms with E-state index in [1.54, 1.807) is 0 Å². The Morgan fingerprint density at radius 2 is 2.23 bits per heavy atom. The first-order valence-electron chi connectivity index (χ1n) is 4.44. The van der Waals surface area contributed by atoms with Crippen LogP contribution in [0.15, 0.2) is 22.7 Å². The van der Waals surface area contributed by atoms with Crippen LogP contribution in [0.4, 0.5) is 5.69 Å². The summed E-state index contributed by atoms with van der Waals surface area (Å²) in [5.41, 5.74) is 7.81. The fourth-order valence-corrected chi connectivity index (χ4v) is 1.34. The predicted octanol–water partition coefficient (Wildman–Crippen LogP) is 2.52.